The summed E-state index contributed by atoms with van der Waals surface area (Å²) in [7, 11) is -2.10. The lowest BCUT2D eigenvalue weighted by Crippen LogP contribution is -2.44. The molecule has 5 rings (SSSR count). The third-order valence-corrected chi connectivity index (χ3v) is 12.7. The lowest BCUT2D eigenvalue weighted by Gasteiger charge is -2.28. The highest BCUT2D eigenvalue weighted by Gasteiger charge is 2.37. The summed E-state index contributed by atoms with van der Waals surface area (Å²) in [5, 5.41) is 19.2. The summed E-state index contributed by atoms with van der Waals surface area (Å²) in [6.07, 6.45) is -7.34. The summed E-state index contributed by atoms with van der Waals surface area (Å²) in [5.41, 5.74) is 3.05. The molecule has 22 heteroatoms. The van der Waals surface area contributed by atoms with Crippen LogP contribution in [0.3, 0.4) is 0 Å². The van der Waals surface area contributed by atoms with Gasteiger partial charge in [-0.25, -0.2) is 8.78 Å². The highest BCUT2D eigenvalue weighted by atomic mass is 35.5. The molecule has 5 aromatic rings. The van der Waals surface area contributed by atoms with Crippen LogP contribution in [0.1, 0.15) is 22.3 Å². The van der Waals surface area contributed by atoms with Crippen LogP contribution < -0.4 is 0 Å². The zero-order valence-electron chi connectivity index (χ0n) is 36.1. The van der Waals surface area contributed by atoms with Crippen molar-refractivity contribution in [1.29, 1.82) is 0 Å². The van der Waals surface area contributed by atoms with Gasteiger partial charge in [0.25, 0.3) is 10.1 Å². The first-order valence-electron chi connectivity index (χ1n) is 20.0. The molecular formula is C46H45Cl7F2N2O10S. The zero-order chi connectivity index (χ0) is 49.6. The highest BCUT2D eigenvalue weighted by molar-refractivity contribution is 7.87. The highest BCUT2D eigenvalue weighted by Crippen LogP contribution is 2.34. The van der Waals surface area contributed by atoms with Gasteiger partial charge in [0.1, 0.15) is 43.5 Å². The molecule has 0 aromatic heterocycles. The Hall–Kier alpha value is -3.36. The van der Waals surface area contributed by atoms with Gasteiger partial charge in [0.2, 0.25) is 0 Å². The van der Waals surface area contributed by atoms with Crippen molar-refractivity contribution in [2.24, 2.45) is 10.3 Å². The molecule has 5 aromatic carbocycles. The summed E-state index contributed by atoms with van der Waals surface area (Å²) in [6.45, 7) is -0.258. The van der Waals surface area contributed by atoms with Crippen LogP contribution in [0.15, 0.2) is 124 Å². The first-order valence-corrected chi connectivity index (χ1v) is 24.1. The summed E-state index contributed by atoms with van der Waals surface area (Å²) in [4.78, 5) is 8.62. The molecule has 0 radical (unpaired) electrons. The molecule has 0 fully saturated rings. The summed E-state index contributed by atoms with van der Waals surface area (Å²) >= 11 is 41.7. The summed E-state index contributed by atoms with van der Waals surface area (Å²) < 4.78 is 84.7. The van der Waals surface area contributed by atoms with Crippen LogP contribution in [0.4, 0.5) is 8.78 Å². The van der Waals surface area contributed by atoms with Gasteiger partial charge in [0.15, 0.2) is 12.3 Å². The first-order chi connectivity index (χ1) is 32.5. The topological polar surface area (TPSA) is 144 Å². The molecule has 368 valence electrons. The fraction of sp³-hybridized carbons (Fsp3) is 0.304. The number of hydrogen-bond donors (Lipinski definition) is 1. The van der Waals surface area contributed by atoms with Crippen LogP contribution in [0, 0.1) is 0 Å². The van der Waals surface area contributed by atoms with E-state index in [9.17, 15) is 17.9 Å². The van der Waals surface area contributed by atoms with Crippen molar-refractivity contribution >= 4 is 104 Å². The minimum Gasteiger partial charge on any atom is -0.399 e. The van der Waals surface area contributed by atoms with Gasteiger partial charge >= 0.3 is 0 Å². The molecule has 0 heterocycles. The smallest absolute Gasteiger partial charge is 0.298 e. The first kappa shape index (κ1) is 57.2. The van der Waals surface area contributed by atoms with Crippen molar-refractivity contribution in [3.8, 4) is 0 Å². The van der Waals surface area contributed by atoms with E-state index in [-0.39, 0.29) is 48.1 Å². The molecule has 12 nitrogen and oxygen atoms in total. The lowest BCUT2D eigenvalue weighted by molar-refractivity contribution is -0.0974. The Morgan fingerprint density at radius 1 is 0.544 bits per heavy atom. The van der Waals surface area contributed by atoms with Gasteiger partial charge in [-0.05, 0) is 82.9 Å². The second kappa shape index (κ2) is 29.7. The van der Waals surface area contributed by atoms with E-state index in [1.54, 1.807) is 84.9 Å². The Balaban J connectivity index is 0.000000316. The molecule has 0 aliphatic rings. The quantitative estimate of drug-likeness (QED) is 0.0260. The Morgan fingerprint density at radius 3 is 1.34 bits per heavy atom. The van der Waals surface area contributed by atoms with Crippen molar-refractivity contribution < 1.29 is 55.1 Å². The third kappa shape index (κ3) is 19.8. The van der Waals surface area contributed by atoms with Gasteiger partial charge < -0.3 is 33.7 Å². The molecule has 0 unspecified atom stereocenters. The van der Waals surface area contributed by atoms with E-state index in [0.717, 1.165) is 41.3 Å². The summed E-state index contributed by atoms with van der Waals surface area (Å²) in [5.74, 6) is 0. The number of oxime groups is 2. The van der Waals surface area contributed by atoms with Crippen molar-refractivity contribution in [3.05, 3.63) is 167 Å². The van der Waals surface area contributed by atoms with E-state index < -0.39 is 58.4 Å². The van der Waals surface area contributed by atoms with E-state index in [4.69, 9.17) is 104 Å². The predicted molar refractivity (Wildman–Crippen MR) is 263 cm³/mol. The lowest BCUT2D eigenvalue weighted by atomic mass is 10.1. The number of halogens is 9. The number of alkyl halides is 2. The zero-order valence-corrected chi connectivity index (χ0v) is 42.2. The van der Waals surface area contributed by atoms with Crippen LogP contribution in [-0.2, 0) is 69.4 Å². The maximum absolute atomic E-state index is 15.5. The minimum atomic E-state index is -4.63. The predicted octanol–water partition coefficient (Wildman–Crippen LogP) is 12.2. The average molecular weight is 1100 g/mol. The van der Waals surface area contributed by atoms with Crippen LogP contribution in [0.5, 0.6) is 0 Å². The van der Waals surface area contributed by atoms with Gasteiger partial charge in [-0.3, -0.25) is 4.18 Å². The second-order valence-electron chi connectivity index (χ2n) is 14.2. The van der Waals surface area contributed by atoms with Crippen LogP contribution in [0.25, 0.3) is 0 Å². The Morgan fingerprint density at radius 2 is 0.912 bits per heavy atom. The number of aliphatic hydroxyl groups is 1. The molecule has 0 bridgehead atoms. The number of hydrogen-bond acceptors (Lipinski definition) is 12. The molecule has 1 N–H and O–H groups in total. The molecule has 0 aliphatic carbocycles. The molecule has 0 spiro atoms. The van der Waals surface area contributed by atoms with Crippen LogP contribution >= 0.6 is 81.2 Å². The monoisotopic (exact) mass is 1100 g/mol. The molecular weight excluding hydrogens is 1060 g/mol. The fourth-order valence-electron chi connectivity index (χ4n) is 5.71. The number of rotatable bonds is 25. The van der Waals surface area contributed by atoms with E-state index in [1.165, 1.54) is 14.2 Å². The third-order valence-electron chi connectivity index (χ3n) is 9.13. The van der Waals surface area contributed by atoms with Gasteiger partial charge in [-0.2, -0.15) is 8.42 Å². The maximum atomic E-state index is 15.5. The molecule has 6 atom stereocenters. The van der Waals surface area contributed by atoms with E-state index in [0.29, 0.717) is 25.7 Å². The molecule has 68 heavy (non-hydrogen) atoms. The summed E-state index contributed by atoms with van der Waals surface area (Å²) in [6, 6.07) is 29.7. The van der Waals surface area contributed by atoms with Crippen molar-refractivity contribution in [1.82, 2.24) is 0 Å². The van der Waals surface area contributed by atoms with Gasteiger partial charge in [-0.1, -0.05) is 140 Å². The standard InChI is InChI=1S/C26H23Cl5FNO6S.C20H22Cl2FNO4/c1-36-33-12-23(32)26(38-14-17-4-8-19(28)9-5-17)24(15-37-13-16-2-6-18(27)7-3-16)39-40(34,35)25-11-21(30)20(29)10-22(25)31;1-26-24-10-18(23)20(28-12-15-4-8-17(22)9-5-15)19(25)13-27-11-14-2-6-16(21)7-3-14/h2-12,23-24,26H,13-15H2,1H3;2-10,18-20,25H,11-13H2,1H3/t23-,24-,26+;18-,19-,20+/m11/s1. The SMILES string of the molecule is CON=C[C@@H](F)[C@H](OCc1ccc(Cl)cc1)[C@@H](COCc1ccc(Cl)cc1)OS(=O)(=O)c1cc(Cl)c(Cl)cc1Cl.CON=C[C@@H](F)[C@H](OCc1ccc(Cl)cc1)[C@H](O)COCc1ccc(Cl)cc1. The van der Waals surface area contributed by atoms with Crippen LogP contribution in [0.2, 0.25) is 35.2 Å². The second-order valence-corrected chi connectivity index (χ2v) is 18.7. The normalized spacial score (nSPS) is 14.5. The van der Waals surface area contributed by atoms with E-state index >= 15 is 4.39 Å². The van der Waals surface area contributed by atoms with Gasteiger partial charge in [0.05, 0.1) is 67.1 Å². The number of nitrogens with zero attached hydrogens (tertiary/aromatic N) is 2. The Bertz CT molecular complexity index is 2450. The number of benzene rings is 5. The van der Waals surface area contributed by atoms with Crippen molar-refractivity contribution in [2.75, 3.05) is 27.4 Å². The molecule has 0 saturated heterocycles. The van der Waals surface area contributed by atoms with E-state index in [2.05, 4.69) is 20.0 Å². The van der Waals surface area contributed by atoms with Gasteiger partial charge in [-0.15, -0.1) is 0 Å². The fourth-order valence-corrected chi connectivity index (χ4v) is 8.26. The largest absolute Gasteiger partial charge is 0.399 e. The Kier molecular flexibility index (Phi) is 25.0. The minimum absolute atomic E-state index is 0.0391. The molecule has 0 aliphatic heterocycles. The van der Waals surface area contributed by atoms with Gasteiger partial charge in [0, 0.05) is 20.1 Å². The molecule has 0 saturated carbocycles. The van der Waals surface area contributed by atoms with E-state index in [1.807, 2.05) is 12.1 Å². The maximum Gasteiger partial charge on any atom is 0.298 e. The molecule has 0 amide bonds. The Labute approximate surface area is 428 Å². The number of ether oxygens (including phenoxy) is 4. The number of aliphatic hydroxyl groups excluding tert-OH is 1. The average Bonchev–Trinajstić information content (AvgIpc) is 3.31. The van der Waals surface area contributed by atoms with Crippen LogP contribution in [-0.4, -0.2) is 90.1 Å². The van der Waals surface area contributed by atoms with Crippen molar-refractivity contribution in [3.63, 3.8) is 0 Å². The van der Waals surface area contributed by atoms with Crippen molar-refractivity contribution in [2.45, 2.75) is 68.1 Å².